The molecule has 0 radical (unpaired) electrons. The first-order valence-corrected chi connectivity index (χ1v) is 5.76. The van der Waals surface area contributed by atoms with E-state index in [0.29, 0.717) is 13.2 Å². The van der Waals surface area contributed by atoms with Crippen molar-refractivity contribution in [2.24, 2.45) is 0 Å². The lowest BCUT2D eigenvalue weighted by Gasteiger charge is -2.11. The molecule has 2 N–H and O–H groups in total. The molecule has 1 aromatic carbocycles. The number of amides is 1. The van der Waals surface area contributed by atoms with E-state index in [2.05, 4.69) is 15.4 Å². The molecule has 0 aliphatic rings. The minimum Gasteiger partial charge on any atom is -0.406 e. The molecular formula is C12H16ClF3N2O3. The van der Waals surface area contributed by atoms with Crippen LogP contribution >= 0.6 is 12.4 Å². The van der Waals surface area contributed by atoms with E-state index in [4.69, 9.17) is 4.74 Å². The number of alkyl halides is 3. The first-order valence-electron chi connectivity index (χ1n) is 5.76. The number of carbonyl (C=O) groups is 1. The molecule has 1 amide bonds. The van der Waals surface area contributed by atoms with Gasteiger partial charge in [0.05, 0.1) is 13.2 Å². The van der Waals surface area contributed by atoms with Gasteiger partial charge in [-0.05, 0) is 12.1 Å². The summed E-state index contributed by atoms with van der Waals surface area (Å²) in [6.45, 7) is 0.997. The van der Waals surface area contributed by atoms with E-state index in [-0.39, 0.29) is 36.3 Å². The maximum absolute atomic E-state index is 12.0. The van der Waals surface area contributed by atoms with E-state index in [9.17, 15) is 18.0 Å². The number of hydrogen-bond acceptors (Lipinski definition) is 4. The second-order valence-electron chi connectivity index (χ2n) is 3.79. The molecule has 0 saturated carbocycles. The Bertz CT molecular complexity index is 444. The lowest BCUT2D eigenvalue weighted by atomic mass is 10.3. The molecule has 0 heterocycles. The molecular weight excluding hydrogens is 313 g/mol. The highest BCUT2D eigenvalue weighted by Crippen LogP contribution is 2.24. The third kappa shape index (κ3) is 9.11. The second-order valence-corrected chi connectivity index (χ2v) is 3.79. The summed E-state index contributed by atoms with van der Waals surface area (Å²) in [6, 6.07) is 5.08. The van der Waals surface area contributed by atoms with Crippen LogP contribution in [0.15, 0.2) is 24.3 Å². The first kappa shape index (κ1) is 19.5. The van der Waals surface area contributed by atoms with Gasteiger partial charge in [0, 0.05) is 25.4 Å². The van der Waals surface area contributed by atoms with Gasteiger partial charge in [0.2, 0.25) is 5.91 Å². The third-order valence-corrected chi connectivity index (χ3v) is 2.12. The molecule has 9 heteroatoms. The van der Waals surface area contributed by atoms with Crippen molar-refractivity contribution in [1.82, 2.24) is 5.32 Å². The standard InChI is InChI=1S/C12H15F3N2O3.ClH/c1-19-6-5-16-8-11(18)17-9-3-2-4-10(7-9)20-12(13,14)15;/h2-4,7,16H,5-6,8H2,1H3,(H,17,18);1H. The molecule has 0 spiro atoms. The van der Waals surface area contributed by atoms with Crippen LogP contribution in [0.2, 0.25) is 0 Å². The molecule has 1 rings (SSSR count). The maximum Gasteiger partial charge on any atom is 0.573 e. The summed E-state index contributed by atoms with van der Waals surface area (Å²) >= 11 is 0. The Morgan fingerprint density at radius 1 is 1.33 bits per heavy atom. The van der Waals surface area contributed by atoms with E-state index in [0.717, 1.165) is 12.1 Å². The third-order valence-electron chi connectivity index (χ3n) is 2.12. The summed E-state index contributed by atoms with van der Waals surface area (Å²) in [5.41, 5.74) is 0.227. The number of ether oxygens (including phenoxy) is 2. The molecule has 0 fully saturated rings. The van der Waals surface area contributed by atoms with Crippen LogP contribution in [0.5, 0.6) is 5.75 Å². The summed E-state index contributed by atoms with van der Waals surface area (Å²) in [7, 11) is 1.54. The van der Waals surface area contributed by atoms with Crippen LogP contribution in [0.25, 0.3) is 0 Å². The summed E-state index contributed by atoms with van der Waals surface area (Å²) in [6.07, 6.45) is -4.76. The number of hydrogen-bond donors (Lipinski definition) is 2. The van der Waals surface area contributed by atoms with Crippen molar-refractivity contribution in [1.29, 1.82) is 0 Å². The SMILES string of the molecule is COCCNCC(=O)Nc1cccc(OC(F)(F)F)c1.Cl. The highest BCUT2D eigenvalue weighted by molar-refractivity contribution is 5.92. The Morgan fingerprint density at radius 2 is 2.05 bits per heavy atom. The van der Waals surface area contributed by atoms with Crippen LogP contribution in [0.3, 0.4) is 0 Å². The van der Waals surface area contributed by atoms with Crippen LogP contribution in [-0.2, 0) is 9.53 Å². The van der Waals surface area contributed by atoms with Gasteiger partial charge in [0.25, 0.3) is 0 Å². The first-order chi connectivity index (χ1) is 9.40. The fourth-order valence-electron chi connectivity index (χ4n) is 1.35. The van der Waals surface area contributed by atoms with Crippen molar-refractivity contribution in [3.05, 3.63) is 24.3 Å². The van der Waals surface area contributed by atoms with Gasteiger partial charge in [-0.2, -0.15) is 0 Å². The monoisotopic (exact) mass is 328 g/mol. The van der Waals surface area contributed by atoms with Crippen molar-refractivity contribution >= 4 is 24.0 Å². The maximum atomic E-state index is 12.0. The fourth-order valence-corrected chi connectivity index (χ4v) is 1.35. The van der Waals surface area contributed by atoms with Crippen molar-refractivity contribution in [2.45, 2.75) is 6.36 Å². The predicted octanol–water partition coefficient (Wildman–Crippen LogP) is 2.18. The van der Waals surface area contributed by atoms with Gasteiger partial charge in [-0.15, -0.1) is 25.6 Å². The van der Waals surface area contributed by atoms with Gasteiger partial charge in [0.15, 0.2) is 0 Å². The molecule has 21 heavy (non-hydrogen) atoms. The van der Waals surface area contributed by atoms with E-state index in [1.165, 1.54) is 19.2 Å². The van der Waals surface area contributed by atoms with Crippen molar-refractivity contribution in [2.75, 3.05) is 32.1 Å². The fraction of sp³-hybridized carbons (Fsp3) is 0.417. The van der Waals surface area contributed by atoms with Gasteiger partial charge in [-0.1, -0.05) is 6.07 Å². The zero-order valence-corrected chi connectivity index (χ0v) is 12.0. The Balaban J connectivity index is 0.00000400. The lowest BCUT2D eigenvalue weighted by molar-refractivity contribution is -0.274. The Hall–Kier alpha value is -1.51. The highest BCUT2D eigenvalue weighted by atomic mass is 35.5. The number of carbonyl (C=O) groups excluding carboxylic acids is 1. The number of methoxy groups -OCH3 is 1. The van der Waals surface area contributed by atoms with Crippen molar-refractivity contribution < 1.29 is 27.4 Å². The van der Waals surface area contributed by atoms with Gasteiger partial charge in [-0.3, -0.25) is 4.79 Å². The Labute approximate surface area is 126 Å². The zero-order chi connectivity index (χ0) is 15.0. The smallest absolute Gasteiger partial charge is 0.406 e. The molecule has 0 bridgehead atoms. The summed E-state index contributed by atoms with van der Waals surface area (Å²) < 4.78 is 44.7. The summed E-state index contributed by atoms with van der Waals surface area (Å²) in [4.78, 5) is 11.5. The summed E-state index contributed by atoms with van der Waals surface area (Å²) in [5, 5.41) is 5.27. The molecule has 0 aliphatic heterocycles. The van der Waals surface area contributed by atoms with Crippen LogP contribution in [0, 0.1) is 0 Å². The number of rotatable bonds is 7. The number of anilines is 1. The summed E-state index contributed by atoms with van der Waals surface area (Å²) in [5.74, 6) is -0.757. The molecule has 0 aromatic heterocycles. The second kappa shape index (κ2) is 9.43. The minimum atomic E-state index is -4.76. The van der Waals surface area contributed by atoms with Gasteiger partial charge < -0.3 is 20.1 Å². The van der Waals surface area contributed by atoms with Gasteiger partial charge in [0.1, 0.15) is 5.75 Å². The van der Waals surface area contributed by atoms with Gasteiger partial charge >= 0.3 is 6.36 Å². The van der Waals surface area contributed by atoms with Crippen LogP contribution in [-0.4, -0.2) is 39.1 Å². The molecule has 0 unspecified atom stereocenters. The van der Waals surface area contributed by atoms with E-state index < -0.39 is 6.36 Å². The Kier molecular flexibility index (Phi) is 8.75. The molecule has 1 aromatic rings. The molecule has 0 saturated heterocycles. The van der Waals surface area contributed by atoms with Gasteiger partial charge in [-0.25, -0.2) is 0 Å². The zero-order valence-electron chi connectivity index (χ0n) is 11.2. The average Bonchev–Trinajstić information content (AvgIpc) is 2.33. The van der Waals surface area contributed by atoms with Crippen LogP contribution in [0.4, 0.5) is 18.9 Å². The molecule has 5 nitrogen and oxygen atoms in total. The molecule has 0 atom stereocenters. The minimum absolute atomic E-state index is 0. The topological polar surface area (TPSA) is 59.6 Å². The van der Waals surface area contributed by atoms with Crippen molar-refractivity contribution in [3.8, 4) is 5.75 Å². The molecule has 0 aliphatic carbocycles. The number of benzene rings is 1. The predicted molar refractivity (Wildman–Crippen MR) is 73.7 cm³/mol. The van der Waals surface area contributed by atoms with E-state index in [1.807, 2.05) is 0 Å². The number of halogens is 4. The quantitative estimate of drug-likeness (QED) is 0.753. The molecule has 120 valence electrons. The van der Waals surface area contributed by atoms with Crippen molar-refractivity contribution in [3.63, 3.8) is 0 Å². The lowest BCUT2D eigenvalue weighted by Crippen LogP contribution is -2.30. The van der Waals surface area contributed by atoms with Crippen LogP contribution in [0.1, 0.15) is 0 Å². The number of nitrogens with one attached hydrogen (secondary N) is 2. The van der Waals surface area contributed by atoms with Crippen LogP contribution < -0.4 is 15.4 Å². The highest BCUT2D eigenvalue weighted by Gasteiger charge is 2.31. The van der Waals surface area contributed by atoms with E-state index >= 15 is 0 Å². The average molecular weight is 329 g/mol. The van der Waals surface area contributed by atoms with E-state index in [1.54, 1.807) is 0 Å². The largest absolute Gasteiger partial charge is 0.573 e. The Morgan fingerprint density at radius 3 is 2.67 bits per heavy atom. The normalized spacial score (nSPS) is 10.7.